The van der Waals surface area contributed by atoms with Gasteiger partial charge in [-0.05, 0) is 24.6 Å². The first-order valence-electron chi connectivity index (χ1n) is 8.15. The van der Waals surface area contributed by atoms with Gasteiger partial charge in [0.15, 0.2) is 0 Å². The third-order valence-corrected chi connectivity index (χ3v) is 5.23. The predicted octanol–water partition coefficient (Wildman–Crippen LogP) is 2.47. The Labute approximate surface area is 165 Å². The molecule has 2 aliphatic heterocycles. The Morgan fingerprint density at radius 2 is 2.00 bits per heavy atom. The summed E-state index contributed by atoms with van der Waals surface area (Å²) in [5.41, 5.74) is 1.39. The number of nitrogens with one attached hydrogen (secondary N) is 3. The minimum atomic E-state index is -0.782. The molecule has 3 unspecified atom stereocenters. The van der Waals surface area contributed by atoms with E-state index < -0.39 is 35.9 Å². The van der Waals surface area contributed by atoms with Crippen molar-refractivity contribution in [1.82, 2.24) is 16.0 Å². The fourth-order valence-corrected chi connectivity index (χ4v) is 3.69. The SMILES string of the molecule is C=CCOC(=O)C1=C(C)NC2NC(=O)NC(=O)C2C1c1ccc(Cl)c(Cl)c1. The zero-order valence-corrected chi connectivity index (χ0v) is 15.9. The molecule has 0 spiro atoms. The molecule has 27 heavy (non-hydrogen) atoms. The number of carbonyl (C=O) groups is 3. The Hall–Kier alpha value is -2.51. The van der Waals surface area contributed by atoms with E-state index in [-0.39, 0.29) is 12.2 Å². The van der Waals surface area contributed by atoms with Crippen LogP contribution in [-0.4, -0.2) is 30.7 Å². The number of hydrogen-bond donors (Lipinski definition) is 3. The molecular weight excluding hydrogens is 393 g/mol. The van der Waals surface area contributed by atoms with Crippen molar-refractivity contribution in [1.29, 1.82) is 0 Å². The largest absolute Gasteiger partial charge is 0.458 e. The number of benzene rings is 1. The van der Waals surface area contributed by atoms with Crippen LogP contribution in [0.15, 0.2) is 42.1 Å². The highest BCUT2D eigenvalue weighted by Crippen LogP contribution is 2.41. The van der Waals surface area contributed by atoms with Gasteiger partial charge in [0, 0.05) is 11.6 Å². The van der Waals surface area contributed by atoms with E-state index in [1.807, 2.05) is 0 Å². The lowest BCUT2D eigenvalue weighted by Gasteiger charge is -2.42. The number of amides is 3. The van der Waals surface area contributed by atoms with Crippen LogP contribution in [0.2, 0.25) is 10.0 Å². The number of urea groups is 1. The van der Waals surface area contributed by atoms with Crippen LogP contribution in [0.25, 0.3) is 0 Å². The summed E-state index contributed by atoms with van der Waals surface area (Å²) in [5.74, 6) is -2.56. The minimum Gasteiger partial charge on any atom is -0.458 e. The summed E-state index contributed by atoms with van der Waals surface area (Å²) in [7, 11) is 0. The average Bonchev–Trinajstić information content (AvgIpc) is 2.60. The summed E-state index contributed by atoms with van der Waals surface area (Å²) in [6, 6.07) is 4.29. The molecule has 0 bridgehead atoms. The van der Waals surface area contributed by atoms with Crippen LogP contribution < -0.4 is 16.0 Å². The van der Waals surface area contributed by atoms with Crippen molar-refractivity contribution < 1.29 is 19.1 Å². The van der Waals surface area contributed by atoms with Crippen LogP contribution >= 0.6 is 23.2 Å². The van der Waals surface area contributed by atoms with Crippen LogP contribution in [0, 0.1) is 5.92 Å². The van der Waals surface area contributed by atoms with Crippen molar-refractivity contribution in [2.75, 3.05) is 6.61 Å². The monoisotopic (exact) mass is 409 g/mol. The standard InChI is InChI=1S/C18H17Cl2N3O4/c1-3-6-27-17(25)12-8(2)21-15-14(16(24)23-18(26)22-15)13(12)9-4-5-10(19)11(20)7-9/h3-5,7,13-15,21H,1,6H2,2H3,(H2,22,23,24,26). The topological polar surface area (TPSA) is 96.5 Å². The Bertz CT molecular complexity index is 868. The van der Waals surface area contributed by atoms with Gasteiger partial charge >= 0.3 is 12.0 Å². The lowest BCUT2D eigenvalue weighted by Crippen LogP contribution is -2.66. The van der Waals surface area contributed by atoms with Crippen LogP contribution in [-0.2, 0) is 14.3 Å². The number of hydrogen-bond acceptors (Lipinski definition) is 5. The van der Waals surface area contributed by atoms with Gasteiger partial charge in [0.05, 0.1) is 21.5 Å². The molecular formula is C18H17Cl2N3O4. The zero-order chi connectivity index (χ0) is 19.7. The Kier molecular flexibility index (Phi) is 5.43. The number of allylic oxidation sites excluding steroid dienone is 1. The number of fused-ring (bicyclic) bond motifs is 1. The molecule has 3 rings (SSSR count). The molecule has 0 aliphatic carbocycles. The maximum atomic E-state index is 12.7. The normalized spacial score (nSPS) is 24.3. The Balaban J connectivity index is 2.13. The van der Waals surface area contributed by atoms with E-state index in [4.69, 9.17) is 27.9 Å². The molecule has 2 aliphatic rings. The van der Waals surface area contributed by atoms with E-state index in [1.54, 1.807) is 25.1 Å². The van der Waals surface area contributed by atoms with E-state index >= 15 is 0 Å². The molecule has 7 nitrogen and oxygen atoms in total. The number of ether oxygens (including phenoxy) is 1. The van der Waals surface area contributed by atoms with Crippen LogP contribution in [0.1, 0.15) is 18.4 Å². The lowest BCUT2D eigenvalue weighted by atomic mass is 9.74. The molecule has 2 heterocycles. The maximum Gasteiger partial charge on any atom is 0.336 e. The molecule has 9 heteroatoms. The first-order valence-corrected chi connectivity index (χ1v) is 8.90. The van der Waals surface area contributed by atoms with Crippen molar-refractivity contribution in [3.05, 3.63) is 57.7 Å². The summed E-state index contributed by atoms with van der Waals surface area (Å²) in [5, 5.41) is 8.56. The van der Waals surface area contributed by atoms with E-state index in [0.29, 0.717) is 21.3 Å². The van der Waals surface area contributed by atoms with E-state index in [0.717, 1.165) is 0 Å². The minimum absolute atomic E-state index is 0.0285. The summed E-state index contributed by atoms with van der Waals surface area (Å²) in [4.78, 5) is 37.0. The van der Waals surface area contributed by atoms with Gasteiger partial charge in [0.1, 0.15) is 12.8 Å². The summed E-state index contributed by atoms with van der Waals surface area (Å²) < 4.78 is 5.21. The van der Waals surface area contributed by atoms with Gasteiger partial charge in [-0.25, -0.2) is 9.59 Å². The number of carbonyl (C=O) groups excluding carboxylic acids is 3. The molecule has 1 saturated heterocycles. The number of imide groups is 1. The number of rotatable bonds is 4. The second-order valence-corrected chi connectivity index (χ2v) is 7.00. The molecule has 0 aromatic heterocycles. The van der Waals surface area contributed by atoms with Crippen molar-refractivity contribution in [3.8, 4) is 0 Å². The third-order valence-electron chi connectivity index (χ3n) is 4.49. The van der Waals surface area contributed by atoms with Crippen molar-refractivity contribution >= 4 is 41.1 Å². The third kappa shape index (κ3) is 3.65. The predicted molar refractivity (Wildman–Crippen MR) is 100 cm³/mol. The van der Waals surface area contributed by atoms with Gasteiger partial charge in [-0.2, -0.15) is 0 Å². The van der Waals surface area contributed by atoms with Crippen molar-refractivity contribution in [2.24, 2.45) is 5.92 Å². The first-order chi connectivity index (χ1) is 12.8. The van der Waals surface area contributed by atoms with E-state index in [9.17, 15) is 14.4 Å². The summed E-state index contributed by atoms with van der Waals surface area (Å²) in [6.07, 6.45) is 0.774. The van der Waals surface area contributed by atoms with Crippen molar-refractivity contribution in [2.45, 2.75) is 19.0 Å². The molecule has 3 N–H and O–H groups in total. The molecule has 3 atom stereocenters. The molecule has 1 fully saturated rings. The number of halogens is 2. The quantitative estimate of drug-likeness (QED) is 0.524. The molecule has 142 valence electrons. The van der Waals surface area contributed by atoms with Crippen LogP contribution in [0.3, 0.4) is 0 Å². The van der Waals surface area contributed by atoms with Crippen LogP contribution in [0.4, 0.5) is 4.79 Å². The smallest absolute Gasteiger partial charge is 0.336 e. The fourth-order valence-electron chi connectivity index (χ4n) is 3.38. The molecule has 0 radical (unpaired) electrons. The fraction of sp³-hybridized carbons (Fsp3) is 0.278. The number of esters is 1. The van der Waals surface area contributed by atoms with E-state index in [2.05, 4.69) is 22.5 Å². The molecule has 3 amide bonds. The average molecular weight is 410 g/mol. The Morgan fingerprint density at radius 1 is 1.26 bits per heavy atom. The van der Waals surface area contributed by atoms with Gasteiger partial charge in [-0.3, -0.25) is 10.1 Å². The van der Waals surface area contributed by atoms with Gasteiger partial charge in [-0.15, -0.1) is 0 Å². The van der Waals surface area contributed by atoms with Gasteiger partial charge in [-0.1, -0.05) is 41.9 Å². The second kappa shape index (κ2) is 7.62. The highest BCUT2D eigenvalue weighted by Gasteiger charge is 2.48. The van der Waals surface area contributed by atoms with Crippen molar-refractivity contribution in [3.63, 3.8) is 0 Å². The molecule has 0 saturated carbocycles. The molecule has 1 aromatic carbocycles. The highest BCUT2D eigenvalue weighted by atomic mass is 35.5. The summed E-state index contributed by atoms with van der Waals surface area (Å²) in [6.45, 7) is 5.24. The van der Waals surface area contributed by atoms with Crippen LogP contribution in [0.5, 0.6) is 0 Å². The Morgan fingerprint density at radius 3 is 2.67 bits per heavy atom. The molecule has 1 aromatic rings. The first kappa shape index (κ1) is 19.3. The lowest BCUT2D eigenvalue weighted by molar-refractivity contribution is -0.139. The second-order valence-electron chi connectivity index (χ2n) is 6.19. The maximum absolute atomic E-state index is 12.7. The highest BCUT2D eigenvalue weighted by molar-refractivity contribution is 6.42. The van der Waals surface area contributed by atoms with Gasteiger partial charge < -0.3 is 15.4 Å². The summed E-state index contributed by atoms with van der Waals surface area (Å²) >= 11 is 12.2. The van der Waals surface area contributed by atoms with E-state index in [1.165, 1.54) is 6.08 Å². The zero-order valence-electron chi connectivity index (χ0n) is 14.3. The van der Waals surface area contributed by atoms with Gasteiger partial charge in [0.25, 0.3) is 0 Å². The van der Waals surface area contributed by atoms with Gasteiger partial charge in [0.2, 0.25) is 5.91 Å².